The molecule has 0 radical (unpaired) electrons. The lowest BCUT2D eigenvalue weighted by molar-refractivity contribution is -0.119. The first-order chi connectivity index (χ1) is 10.3. The third kappa shape index (κ3) is 3.71. The van der Waals surface area contributed by atoms with Crippen molar-refractivity contribution in [3.63, 3.8) is 0 Å². The lowest BCUT2D eigenvalue weighted by Gasteiger charge is -2.31. The maximum atomic E-state index is 12.4. The van der Waals surface area contributed by atoms with Gasteiger partial charge in [0.05, 0.1) is 24.6 Å². The molecule has 2 aliphatic heterocycles. The van der Waals surface area contributed by atoms with Crippen LogP contribution in [0.25, 0.3) is 0 Å². The van der Waals surface area contributed by atoms with Crippen LogP contribution < -0.4 is 10.2 Å². The summed E-state index contributed by atoms with van der Waals surface area (Å²) in [6.07, 6.45) is 2.16. The maximum absolute atomic E-state index is 12.4. The van der Waals surface area contributed by atoms with E-state index in [1.165, 1.54) is 5.75 Å². The smallest absolute Gasteiger partial charge is 0.228 e. The van der Waals surface area contributed by atoms with E-state index < -0.39 is 0 Å². The zero-order valence-electron chi connectivity index (χ0n) is 12.2. The van der Waals surface area contributed by atoms with Gasteiger partial charge in [0.25, 0.3) is 0 Å². The summed E-state index contributed by atoms with van der Waals surface area (Å²) in [5.41, 5.74) is 2.04. The van der Waals surface area contributed by atoms with E-state index in [1.807, 2.05) is 30.0 Å². The minimum Gasteiger partial charge on any atom is -0.378 e. The van der Waals surface area contributed by atoms with Crippen LogP contribution in [0, 0.1) is 5.92 Å². The molecule has 2 heterocycles. The summed E-state index contributed by atoms with van der Waals surface area (Å²) in [6, 6.07) is 8.08. The number of ether oxygens (including phenoxy) is 1. The standard InChI is InChI=1S/C16H22N2O2S/c19-16(13-4-3-11-21-12-13)17-14-5-1-2-6-15(14)18-7-9-20-10-8-18/h1-2,5-6,13H,3-4,7-12H2,(H,17,19). The highest BCUT2D eigenvalue weighted by Crippen LogP contribution is 2.29. The number of para-hydroxylation sites is 2. The highest BCUT2D eigenvalue weighted by molar-refractivity contribution is 7.99. The van der Waals surface area contributed by atoms with E-state index >= 15 is 0 Å². The zero-order chi connectivity index (χ0) is 14.5. The first-order valence-electron chi connectivity index (χ1n) is 7.65. The number of benzene rings is 1. The van der Waals surface area contributed by atoms with Crippen molar-refractivity contribution < 1.29 is 9.53 Å². The lowest BCUT2D eigenvalue weighted by atomic mass is 10.0. The Labute approximate surface area is 130 Å². The molecule has 5 heteroatoms. The van der Waals surface area contributed by atoms with E-state index in [1.54, 1.807) is 0 Å². The van der Waals surface area contributed by atoms with Crippen molar-refractivity contribution >= 4 is 29.0 Å². The SMILES string of the molecule is O=C(Nc1ccccc1N1CCOCC1)C1CCCSC1. The Morgan fingerprint density at radius 3 is 2.86 bits per heavy atom. The summed E-state index contributed by atoms with van der Waals surface area (Å²) in [6.45, 7) is 3.27. The Morgan fingerprint density at radius 2 is 2.10 bits per heavy atom. The molecular weight excluding hydrogens is 284 g/mol. The van der Waals surface area contributed by atoms with E-state index in [0.29, 0.717) is 0 Å². The van der Waals surface area contributed by atoms with Gasteiger partial charge in [-0.1, -0.05) is 12.1 Å². The van der Waals surface area contributed by atoms with Crippen LogP contribution in [0.3, 0.4) is 0 Å². The molecule has 2 saturated heterocycles. The molecule has 0 saturated carbocycles. The van der Waals surface area contributed by atoms with Gasteiger partial charge < -0.3 is 15.0 Å². The second-order valence-corrected chi connectivity index (χ2v) is 6.67. The van der Waals surface area contributed by atoms with Crippen molar-refractivity contribution in [2.24, 2.45) is 5.92 Å². The normalized spacial score (nSPS) is 22.9. The van der Waals surface area contributed by atoms with Crippen LogP contribution in [0.4, 0.5) is 11.4 Å². The Morgan fingerprint density at radius 1 is 1.29 bits per heavy atom. The van der Waals surface area contributed by atoms with Gasteiger partial charge in [-0.2, -0.15) is 11.8 Å². The van der Waals surface area contributed by atoms with Gasteiger partial charge in [0.15, 0.2) is 0 Å². The number of hydrogen-bond donors (Lipinski definition) is 1. The topological polar surface area (TPSA) is 41.6 Å². The number of amides is 1. The molecule has 1 amide bonds. The Balaban J connectivity index is 1.70. The van der Waals surface area contributed by atoms with Crippen molar-refractivity contribution in [1.29, 1.82) is 0 Å². The van der Waals surface area contributed by atoms with Crippen molar-refractivity contribution in [3.8, 4) is 0 Å². The highest BCUT2D eigenvalue weighted by Gasteiger charge is 2.23. The van der Waals surface area contributed by atoms with E-state index in [2.05, 4.69) is 16.3 Å². The number of hydrogen-bond acceptors (Lipinski definition) is 4. The molecule has 0 bridgehead atoms. The van der Waals surface area contributed by atoms with Gasteiger partial charge >= 0.3 is 0 Å². The van der Waals surface area contributed by atoms with Crippen LogP contribution in [0.1, 0.15) is 12.8 Å². The highest BCUT2D eigenvalue weighted by atomic mass is 32.2. The number of nitrogens with one attached hydrogen (secondary N) is 1. The second kappa shape index (κ2) is 7.18. The van der Waals surface area contributed by atoms with Gasteiger partial charge in [0, 0.05) is 24.8 Å². The van der Waals surface area contributed by atoms with Crippen LogP contribution in [-0.2, 0) is 9.53 Å². The summed E-state index contributed by atoms with van der Waals surface area (Å²) in [4.78, 5) is 14.7. The number of anilines is 2. The molecule has 1 atom stereocenters. The van der Waals surface area contributed by atoms with Gasteiger partial charge in [0.1, 0.15) is 0 Å². The fourth-order valence-corrected chi connectivity index (χ4v) is 3.98. The molecule has 2 aliphatic rings. The average Bonchev–Trinajstić information content (AvgIpc) is 2.57. The number of morpholine rings is 1. The Bertz CT molecular complexity index is 483. The molecule has 1 aromatic rings. The molecule has 114 valence electrons. The summed E-state index contributed by atoms with van der Waals surface area (Å²) >= 11 is 1.89. The third-order valence-corrected chi connectivity index (χ3v) is 5.26. The molecule has 0 aromatic heterocycles. The summed E-state index contributed by atoms with van der Waals surface area (Å²) in [5.74, 6) is 2.46. The monoisotopic (exact) mass is 306 g/mol. The molecule has 2 fully saturated rings. The molecule has 1 N–H and O–H groups in total. The first-order valence-corrected chi connectivity index (χ1v) is 8.80. The summed E-state index contributed by atoms with van der Waals surface area (Å²) < 4.78 is 5.41. The number of carbonyl (C=O) groups excluding carboxylic acids is 1. The predicted molar refractivity (Wildman–Crippen MR) is 88.2 cm³/mol. The molecule has 0 spiro atoms. The molecule has 3 rings (SSSR count). The van der Waals surface area contributed by atoms with Crippen molar-refractivity contribution in [2.45, 2.75) is 12.8 Å². The largest absolute Gasteiger partial charge is 0.378 e. The second-order valence-electron chi connectivity index (χ2n) is 5.52. The average molecular weight is 306 g/mol. The maximum Gasteiger partial charge on any atom is 0.228 e. The fraction of sp³-hybridized carbons (Fsp3) is 0.562. The minimum atomic E-state index is 0.154. The van der Waals surface area contributed by atoms with Gasteiger partial charge in [-0.05, 0) is 30.7 Å². The van der Waals surface area contributed by atoms with E-state index in [-0.39, 0.29) is 11.8 Å². The fourth-order valence-electron chi connectivity index (χ4n) is 2.84. The van der Waals surface area contributed by atoms with E-state index in [0.717, 1.165) is 56.3 Å². The molecule has 1 aromatic carbocycles. The van der Waals surface area contributed by atoms with Gasteiger partial charge in [-0.3, -0.25) is 4.79 Å². The van der Waals surface area contributed by atoms with E-state index in [9.17, 15) is 4.79 Å². The van der Waals surface area contributed by atoms with Gasteiger partial charge in [-0.15, -0.1) is 0 Å². The van der Waals surface area contributed by atoms with Crippen LogP contribution in [0.5, 0.6) is 0 Å². The van der Waals surface area contributed by atoms with Gasteiger partial charge in [-0.25, -0.2) is 0 Å². The van der Waals surface area contributed by atoms with Crippen LogP contribution in [0.2, 0.25) is 0 Å². The molecule has 0 aliphatic carbocycles. The quantitative estimate of drug-likeness (QED) is 0.932. The van der Waals surface area contributed by atoms with Crippen molar-refractivity contribution in [2.75, 3.05) is 48.0 Å². The first kappa shape index (κ1) is 14.7. The molecular formula is C16H22N2O2S. The number of rotatable bonds is 3. The van der Waals surface area contributed by atoms with Crippen molar-refractivity contribution in [1.82, 2.24) is 0 Å². The van der Waals surface area contributed by atoms with Crippen LogP contribution in [-0.4, -0.2) is 43.7 Å². The zero-order valence-corrected chi connectivity index (χ0v) is 13.0. The van der Waals surface area contributed by atoms with Crippen LogP contribution in [0.15, 0.2) is 24.3 Å². The van der Waals surface area contributed by atoms with Crippen LogP contribution >= 0.6 is 11.8 Å². The number of nitrogens with zero attached hydrogens (tertiary/aromatic N) is 1. The Kier molecular flexibility index (Phi) is 5.04. The predicted octanol–water partition coefficient (Wildman–Crippen LogP) is 2.60. The number of thioether (sulfide) groups is 1. The minimum absolute atomic E-state index is 0.154. The molecule has 1 unspecified atom stereocenters. The number of carbonyl (C=O) groups is 1. The molecule has 4 nitrogen and oxygen atoms in total. The summed E-state index contributed by atoms with van der Waals surface area (Å²) in [5, 5.41) is 3.14. The third-order valence-electron chi connectivity index (χ3n) is 4.04. The van der Waals surface area contributed by atoms with Gasteiger partial charge in [0.2, 0.25) is 5.91 Å². The molecule has 21 heavy (non-hydrogen) atoms. The Hall–Kier alpha value is -1.20. The summed E-state index contributed by atoms with van der Waals surface area (Å²) in [7, 11) is 0. The van der Waals surface area contributed by atoms with E-state index in [4.69, 9.17) is 4.74 Å². The lowest BCUT2D eigenvalue weighted by Crippen LogP contribution is -2.37. The van der Waals surface area contributed by atoms with Crippen molar-refractivity contribution in [3.05, 3.63) is 24.3 Å².